The van der Waals surface area contributed by atoms with Crippen molar-refractivity contribution in [1.29, 1.82) is 0 Å². The Labute approximate surface area is 414 Å². The van der Waals surface area contributed by atoms with Gasteiger partial charge in [0.25, 0.3) is 0 Å². The first kappa shape index (κ1) is 40.2. The van der Waals surface area contributed by atoms with Crippen molar-refractivity contribution in [3.63, 3.8) is 0 Å². The summed E-state index contributed by atoms with van der Waals surface area (Å²) in [6.07, 6.45) is 0. The van der Waals surface area contributed by atoms with Crippen LogP contribution in [0, 0.1) is 0 Å². The molecule has 0 saturated heterocycles. The Morgan fingerprint density at radius 3 is 1.38 bits per heavy atom. The zero-order chi connectivity index (χ0) is 47.3. The fourth-order valence-corrected chi connectivity index (χ4v) is 11.4. The molecule has 5 nitrogen and oxygen atoms in total. The van der Waals surface area contributed by atoms with Gasteiger partial charge in [-0.3, -0.25) is 0 Å². The van der Waals surface area contributed by atoms with Gasteiger partial charge in [0.1, 0.15) is 0 Å². The summed E-state index contributed by atoms with van der Waals surface area (Å²) in [7, 11) is 0. The molecule has 0 radical (unpaired) electrons. The highest BCUT2D eigenvalue weighted by Crippen LogP contribution is 2.43. The smallest absolute Gasteiger partial charge is 0.164 e. The van der Waals surface area contributed by atoms with E-state index >= 15 is 0 Å². The fourth-order valence-electron chi connectivity index (χ4n) is 11.4. The molecule has 3 aromatic heterocycles. The van der Waals surface area contributed by atoms with Crippen LogP contribution in [-0.2, 0) is 0 Å². The first-order valence-electron chi connectivity index (χ1n) is 24.5. The average Bonchev–Trinajstić information content (AvgIpc) is 3.98. The van der Waals surface area contributed by atoms with Gasteiger partial charge in [0.2, 0.25) is 0 Å². The molecule has 12 aromatic carbocycles. The number of aromatic nitrogens is 5. The van der Waals surface area contributed by atoms with E-state index in [1.54, 1.807) is 0 Å². The molecule has 0 spiro atoms. The van der Waals surface area contributed by atoms with Crippen molar-refractivity contribution in [1.82, 2.24) is 24.1 Å². The van der Waals surface area contributed by atoms with Crippen LogP contribution in [0.1, 0.15) is 0 Å². The maximum atomic E-state index is 5.11. The Bertz CT molecular complexity index is 4610. The van der Waals surface area contributed by atoms with Crippen LogP contribution in [0.25, 0.3) is 143 Å². The first-order chi connectivity index (χ1) is 35.7. The molecule has 0 aliphatic heterocycles. The van der Waals surface area contributed by atoms with Crippen LogP contribution in [-0.4, -0.2) is 24.1 Å². The summed E-state index contributed by atoms with van der Waals surface area (Å²) in [5.41, 5.74) is 12.2. The highest BCUT2D eigenvalue weighted by molar-refractivity contribution is 6.27. The number of para-hydroxylation sites is 2. The minimum absolute atomic E-state index is 0.637. The standard InChI is InChI=1S/C67H41N5/c1-4-17-43(18-5-1)65-68-66(44-19-6-2-7-20-44)70-67(69-65)47-28-33-54-56(40-47)52-25-13-12-24-51(52)53-34-32-49(41-57(53)54)72-62-36-31-46(39-59(62)64-50-23-11-10-16-42(50)29-37-63(64)72)45-30-35-61-58(38-45)55-26-14-15-27-60(55)71(61)48-21-8-3-9-22-48/h1-41H. The quantitative estimate of drug-likeness (QED) is 0.156. The Morgan fingerprint density at radius 2 is 0.667 bits per heavy atom. The SMILES string of the molecule is c1ccc(-c2nc(-c3ccccc3)nc(-c3ccc4c(c3)c3ccccc3c3ccc(-n5c6ccc(-c7ccc8c(c7)c7ccccc7n8-c7ccccc7)cc6c6c7ccccc7ccc65)cc34)n2)cc1. The largest absolute Gasteiger partial charge is 0.309 e. The third kappa shape index (κ3) is 6.24. The molecule has 334 valence electrons. The number of benzene rings is 12. The van der Waals surface area contributed by atoms with E-state index in [1.807, 2.05) is 36.4 Å². The van der Waals surface area contributed by atoms with Gasteiger partial charge in [0.15, 0.2) is 17.5 Å². The molecule has 0 aliphatic rings. The van der Waals surface area contributed by atoms with Gasteiger partial charge >= 0.3 is 0 Å². The van der Waals surface area contributed by atoms with Crippen molar-refractivity contribution < 1.29 is 0 Å². The molecule has 0 fully saturated rings. The molecule has 15 rings (SSSR count). The van der Waals surface area contributed by atoms with E-state index < -0.39 is 0 Å². The number of hydrogen-bond acceptors (Lipinski definition) is 3. The van der Waals surface area contributed by atoms with Gasteiger partial charge in [0.05, 0.1) is 22.1 Å². The summed E-state index contributed by atoms with van der Waals surface area (Å²) in [6.45, 7) is 0. The molecule has 72 heavy (non-hydrogen) atoms. The van der Waals surface area contributed by atoms with Gasteiger partial charge in [-0.15, -0.1) is 0 Å². The number of rotatable bonds is 6. The molecule has 3 heterocycles. The second-order valence-corrected chi connectivity index (χ2v) is 18.7. The van der Waals surface area contributed by atoms with E-state index in [0.717, 1.165) is 39.0 Å². The van der Waals surface area contributed by atoms with Crippen LogP contribution in [0.5, 0.6) is 0 Å². The van der Waals surface area contributed by atoms with Gasteiger partial charge in [-0.25, -0.2) is 15.0 Å². The third-order valence-electron chi connectivity index (χ3n) is 14.7. The molecular formula is C67H41N5. The van der Waals surface area contributed by atoms with Crippen molar-refractivity contribution >= 4 is 86.7 Å². The second-order valence-electron chi connectivity index (χ2n) is 18.7. The highest BCUT2D eigenvalue weighted by atomic mass is 15.0. The molecule has 0 amide bonds. The average molecular weight is 916 g/mol. The van der Waals surface area contributed by atoms with E-state index in [1.165, 1.54) is 86.9 Å². The van der Waals surface area contributed by atoms with Crippen LogP contribution in [0.3, 0.4) is 0 Å². The Balaban J connectivity index is 0.924. The van der Waals surface area contributed by atoms with Crippen molar-refractivity contribution in [2.24, 2.45) is 0 Å². The van der Waals surface area contributed by atoms with Crippen LogP contribution in [0.15, 0.2) is 249 Å². The summed E-state index contributed by atoms with van der Waals surface area (Å²) >= 11 is 0. The van der Waals surface area contributed by atoms with Crippen LogP contribution in [0.2, 0.25) is 0 Å². The fraction of sp³-hybridized carbons (Fsp3) is 0. The van der Waals surface area contributed by atoms with E-state index in [-0.39, 0.29) is 0 Å². The minimum atomic E-state index is 0.637. The normalized spacial score (nSPS) is 11.9. The lowest BCUT2D eigenvalue weighted by Gasteiger charge is -2.15. The van der Waals surface area contributed by atoms with Crippen LogP contribution in [0.4, 0.5) is 0 Å². The Morgan fingerprint density at radius 1 is 0.222 bits per heavy atom. The van der Waals surface area contributed by atoms with Gasteiger partial charge in [-0.2, -0.15) is 0 Å². The zero-order valence-electron chi connectivity index (χ0n) is 38.9. The van der Waals surface area contributed by atoms with Crippen molar-refractivity contribution in [3.8, 4) is 56.7 Å². The summed E-state index contributed by atoms with van der Waals surface area (Å²) in [5, 5.41) is 14.5. The van der Waals surface area contributed by atoms with E-state index in [9.17, 15) is 0 Å². The molecular weight excluding hydrogens is 875 g/mol. The molecule has 0 N–H and O–H groups in total. The lowest BCUT2D eigenvalue weighted by Crippen LogP contribution is -2.00. The molecule has 5 heteroatoms. The highest BCUT2D eigenvalue weighted by Gasteiger charge is 2.20. The number of hydrogen-bond donors (Lipinski definition) is 0. The minimum Gasteiger partial charge on any atom is -0.309 e. The molecule has 15 aromatic rings. The maximum Gasteiger partial charge on any atom is 0.164 e. The molecule has 0 bridgehead atoms. The molecule has 0 atom stereocenters. The molecule has 0 saturated carbocycles. The van der Waals surface area contributed by atoms with Crippen molar-refractivity contribution in [3.05, 3.63) is 249 Å². The topological polar surface area (TPSA) is 48.5 Å². The van der Waals surface area contributed by atoms with Crippen LogP contribution < -0.4 is 0 Å². The van der Waals surface area contributed by atoms with Gasteiger partial charge in [-0.1, -0.05) is 182 Å². The van der Waals surface area contributed by atoms with Gasteiger partial charge in [0, 0.05) is 49.6 Å². The maximum absolute atomic E-state index is 5.11. The number of fused-ring (bicyclic) bond motifs is 14. The first-order valence-corrected chi connectivity index (χ1v) is 24.5. The Hall–Kier alpha value is -9.71. The lowest BCUT2D eigenvalue weighted by atomic mass is 9.93. The van der Waals surface area contributed by atoms with E-state index in [4.69, 9.17) is 15.0 Å². The predicted octanol–water partition coefficient (Wildman–Crippen LogP) is 17.3. The van der Waals surface area contributed by atoms with Gasteiger partial charge in [-0.05, 0) is 121 Å². The third-order valence-corrected chi connectivity index (χ3v) is 14.7. The second kappa shape index (κ2) is 15.9. The summed E-state index contributed by atoms with van der Waals surface area (Å²) in [5.74, 6) is 1.93. The van der Waals surface area contributed by atoms with Gasteiger partial charge < -0.3 is 9.13 Å². The van der Waals surface area contributed by atoms with E-state index in [2.05, 4.69) is 221 Å². The summed E-state index contributed by atoms with van der Waals surface area (Å²) < 4.78 is 4.85. The van der Waals surface area contributed by atoms with Crippen molar-refractivity contribution in [2.45, 2.75) is 0 Å². The predicted molar refractivity (Wildman–Crippen MR) is 300 cm³/mol. The monoisotopic (exact) mass is 915 g/mol. The summed E-state index contributed by atoms with van der Waals surface area (Å²) in [4.78, 5) is 15.2. The molecule has 0 unspecified atom stereocenters. The number of nitrogens with zero attached hydrogens (tertiary/aromatic N) is 5. The molecule has 0 aliphatic carbocycles. The summed E-state index contributed by atoms with van der Waals surface area (Å²) in [6, 6.07) is 89.6. The zero-order valence-corrected chi connectivity index (χ0v) is 38.9. The Kier molecular flexibility index (Phi) is 8.89. The van der Waals surface area contributed by atoms with Crippen LogP contribution >= 0.6 is 0 Å². The van der Waals surface area contributed by atoms with Crippen molar-refractivity contribution in [2.75, 3.05) is 0 Å². The van der Waals surface area contributed by atoms with E-state index in [0.29, 0.717) is 17.5 Å². The lowest BCUT2D eigenvalue weighted by molar-refractivity contribution is 1.07.